The number of hydrogen-bond donors (Lipinski definition) is 4. The second-order valence-corrected chi connectivity index (χ2v) is 17.3. The molecule has 66 heavy (non-hydrogen) atoms. The van der Waals surface area contributed by atoms with Gasteiger partial charge in [-0.3, -0.25) is 19.9 Å². The largest absolute Gasteiger partial charge is 0.480 e. The van der Waals surface area contributed by atoms with Crippen LogP contribution in [-0.4, -0.2) is 88.2 Å². The van der Waals surface area contributed by atoms with Gasteiger partial charge < -0.3 is 24.4 Å². The van der Waals surface area contributed by atoms with E-state index < -0.39 is 68.8 Å². The fraction of sp³-hybridized carbons (Fsp3) is 0.214. The first-order chi connectivity index (χ1) is 31.2. The highest BCUT2D eigenvalue weighted by Gasteiger charge is 2.41. The molecule has 4 amide bonds. The fourth-order valence-corrected chi connectivity index (χ4v) is 8.38. The van der Waals surface area contributed by atoms with E-state index in [-0.39, 0.29) is 34.2 Å². The zero-order chi connectivity index (χ0) is 48.5. The molecular formula is C42H35Cl2FIN7O12S. The van der Waals surface area contributed by atoms with Gasteiger partial charge >= 0.3 is 24.0 Å². The number of carbonyl (C=O) groups is 5. The summed E-state index contributed by atoms with van der Waals surface area (Å²) in [5.41, 5.74) is 0.905. The number of imide groups is 1. The van der Waals surface area contributed by atoms with Crippen LogP contribution in [0, 0.1) is 28.7 Å². The van der Waals surface area contributed by atoms with Crippen LogP contribution in [0.25, 0.3) is 10.9 Å². The van der Waals surface area contributed by atoms with Crippen LogP contribution in [0.3, 0.4) is 0 Å². The minimum atomic E-state index is -4.45. The molecule has 2 aliphatic rings. The van der Waals surface area contributed by atoms with Gasteiger partial charge in [0, 0.05) is 32.4 Å². The van der Waals surface area contributed by atoms with Crippen molar-refractivity contribution in [2.24, 2.45) is 0 Å². The van der Waals surface area contributed by atoms with Crippen LogP contribution in [-0.2, 0) is 24.4 Å². The number of aliphatic carboxylic acids is 1. The number of methoxy groups -OCH3 is 1. The van der Waals surface area contributed by atoms with E-state index in [1.54, 1.807) is 42.1 Å². The topological polar surface area (TPSA) is 266 Å². The molecule has 344 valence electrons. The first-order valence-electron chi connectivity index (χ1n) is 19.0. The number of aromatic carboxylic acids is 1. The van der Waals surface area contributed by atoms with E-state index in [1.165, 1.54) is 26.2 Å². The number of aromatic nitrogens is 4. The lowest BCUT2D eigenvalue weighted by Crippen LogP contribution is -2.35. The van der Waals surface area contributed by atoms with Crippen molar-refractivity contribution < 1.29 is 61.2 Å². The highest BCUT2D eigenvalue weighted by Crippen LogP contribution is 2.40. The number of terminal acetylenes is 1. The second kappa shape index (κ2) is 22.0. The van der Waals surface area contributed by atoms with Crippen molar-refractivity contribution in [2.75, 3.05) is 23.9 Å². The Hall–Kier alpha value is -6.68. The number of rotatable bonds is 11. The normalized spacial score (nSPS) is 13.5. The van der Waals surface area contributed by atoms with Gasteiger partial charge in [-0.2, -0.15) is 15.0 Å². The van der Waals surface area contributed by atoms with Crippen LogP contribution in [0.5, 0.6) is 17.5 Å². The quantitative estimate of drug-likeness (QED) is 0.0590. The van der Waals surface area contributed by atoms with E-state index in [1.807, 2.05) is 22.6 Å². The molecule has 0 saturated heterocycles. The molecule has 7 rings (SSSR count). The third kappa shape index (κ3) is 12.4. The molecule has 0 fully saturated rings. The van der Waals surface area contributed by atoms with Gasteiger partial charge in [0.1, 0.15) is 33.6 Å². The highest BCUT2D eigenvalue weighted by atomic mass is 127. The lowest BCUT2D eigenvalue weighted by molar-refractivity contribution is -0.139. The number of hydrogen-bond acceptors (Lipinski definition) is 14. The zero-order valence-corrected chi connectivity index (χ0v) is 39.1. The molecule has 5 aromatic rings. The molecule has 0 bridgehead atoms. The van der Waals surface area contributed by atoms with Gasteiger partial charge in [0.25, 0.3) is 21.8 Å². The smallest absolute Gasteiger partial charge is 0.341 e. The molecule has 1 aliphatic heterocycles. The van der Waals surface area contributed by atoms with Crippen LogP contribution in [0.1, 0.15) is 48.8 Å². The zero-order valence-electron chi connectivity index (χ0n) is 34.6. The van der Waals surface area contributed by atoms with E-state index >= 15 is 0 Å². The van der Waals surface area contributed by atoms with Crippen LogP contribution in [0.4, 0.5) is 20.8 Å². The predicted molar refractivity (Wildman–Crippen MR) is 245 cm³/mol. The van der Waals surface area contributed by atoms with Crippen LogP contribution in [0.15, 0.2) is 76.8 Å². The van der Waals surface area contributed by atoms with Gasteiger partial charge in [-0.1, -0.05) is 29.1 Å². The van der Waals surface area contributed by atoms with Gasteiger partial charge in [0.05, 0.1) is 28.4 Å². The summed E-state index contributed by atoms with van der Waals surface area (Å²) in [6.45, 7) is 2.76. The number of pyridine rings is 1. The van der Waals surface area contributed by atoms with Crippen molar-refractivity contribution in [1.82, 2.24) is 24.7 Å². The first kappa shape index (κ1) is 50.3. The number of urea groups is 1. The summed E-state index contributed by atoms with van der Waals surface area (Å²) < 4.78 is 56.7. The number of halogens is 4. The molecule has 3 heterocycles. The minimum Gasteiger partial charge on any atom is -0.480 e. The first-order valence-corrected chi connectivity index (χ1v) is 22.3. The number of amides is 4. The van der Waals surface area contributed by atoms with Crippen molar-refractivity contribution in [3.8, 4) is 29.9 Å². The number of benzene rings is 3. The van der Waals surface area contributed by atoms with E-state index in [0.29, 0.717) is 43.8 Å². The number of anilines is 2. The molecule has 19 nitrogen and oxygen atoms in total. The Morgan fingerprint density at radius 1 is 0.985 bits per heavy atom. The Bertz CT molecular complexity index is 2930. The standard InChI is InChI=1S/C18H15ClFNO3.C13H12IN5O6S.C11H8ClNO3/c1-3-10(2)24-16-9-15(14(20)8-13(16)19)21-17(22)11-6-4-5-7-12(11)18(21)23;1-6-15-11(18-13(16-6)25-2)17-12(22)19-26(23,24)9-5-7(14)3-4-8(9)10(20)21;12-8-3-4-9(16-6-10(14)15)11-7(8)2-1-5-13-11/h1,8-10H,4-7H2,2H3;3-5H,1-2H3,(H,20,21)(H2,15,16,17,18,19,22);1-5H,6H2,(H,14,15). The Balaban J connectivity index is 0.000000191. The summed E-state index contributed by atoms with van der Waals surface area (Å²) >= 11 is 13.8. The molecule has 4 N–H and O–H groups in total. The SMILES string of the molecule is C#CC(C)Oc1cc(N2C(=O)C3=C(CCCC3)C2=O)c(F)cc1Cl.COc1nc(C)nc(NC(=O)NS(=O)(=O)c2cc(I)ccc2C(=O)O)n1.O=C(O)COc1ccc(Cl)c2cccnc12. The summed E-state index contributed by atoms with van der Waals surface area (Å²) in [5.74, 6) is -1.24. The van der Waals surface area contributed by atoms with Crippen molar-refractivity contribution in [3.63, 3.8) is 0 Å². The summed E-state index contributed by atoms with van der Waals surface area (Å²) in [6.07, 6.45) is 9.07. The Kier molecular flexibility index (Phi) is 16.8. The van der Waals surface area contributed by atoms with E-state index in [0.717, 1.165) is 41.3 Å². The Morgan fingerprint density at radius 3 is 2.29 bits per heavy atom. The van der Waals surface area contributed by atoms with Gasteiger partial charge in [0.15, 0.2) is 12.7 Å². The molecule has 0 radical (unpaired) electrons. The average molecular weight is 1080 g/mol. The molecule has 0 spiro atoms. The molecule has 1 atom stereocenters. The molecule has 2 aromatic heterocycles. The minimum absolute atomic E-state index is 0.0233. The molecule has 1 unspecified atom stereocenters. The summed E-state index contributed by atoms with van der Waals surface area (Å²) in [6, 6.07) is 11.6. The lowest BCUT2D eigenvalue weighted by Gasteiger charge is -2.19. The Labute approximate surface area is 398 Å². The number of carboxylic acids is 2. The molecular weight excluding hydrogens is 1040 g/mol. The van der Waals surface area contributed by atoms with Crippen molar-refractivity contribution in [3.05, 3.63) is 103 Å². The van der Waals surface area contributed by atoms with Crippen molar-refractivity contribution in [2.45, 2.75) is 50.5 Å². The number of fused-ring (bicyclic) bond motifs is 1. The third-order valence-corrected chi connectivity index (χ3v) is 11.7. The van der Waals surface area contributed by atoms with Crippen LogP contribution >= 0.6 is 45.8 Å². The monoisotopic (exact) mass is 1080 g/mol. The number of carboxylic acid groups (broad SMARTS) is 2. The summed E-state index contributed by atoms with van der Waals surface area (Å²) in [5, 5.41) is 21.1. The molecule has 0 saturated carbocycles. The maximum Gasteiger partial charge on any atom is 0.341 e. The summed E-state index contributed by atoms with van der Waals surface area (Å²) in [4.78, 5) is 74.6. The van der Waals surface area contributed by atoms with Crippen LogP contribution in [0.2, 0.25) is 10.0 Å². The second-order valence-electron chi connectivity index (χ2n) is 13.6. The predicted octanol–water partition coefficient (Wildman–Crippen LogP) is 6.98. The maximum absolute atomic E-state index is 14.4. The summed E-state index contributed by atoms with van der Waals surface area (Å²) in [7, 11) is -3.14. The highest BCUT2D eigenvalue weighted by molar-refractivity contribution is 14.1. The average Bonchev–Trinajstić information content (AvgIpc) is 3.52. The number of sulfonamides is 1. The van der Waals surface area contributed by atoms with Gasteiger partial charge in [-0.25, -0.2) is 36.8 Å². The van der Waals surface area contributed by atoms with Crippen molar-refractivity contribution in [1.29, 1.82) is 0 Å². The Morgan fingerprint density at radius 2 is 1.67 bits per heavy atom. The molecule has 3 aromatic carbocycles. The van der Waals surface area contributed by atoms with Gasteiger partial charge in [0.2, 0.25) is 5.95 Å². The number of aryl methyl sites for hydroxylation is 1. The molecule has 24 heteroatoms. The fourth-order valence-electron chi connectivity index (χ4n) is 6.13. The van der Waals surface area contributed by atoms with E-state index in [2.05, 4.69) is 31.2 Å². The number of nitrogens with zero attached hydrogens (tertiary/aromatic N) is 5. The number of nitrogens with one attached hydrogen (secondary N) is 2. The third-order valence-electron chi connectivity index (χ3n) is 9.03. The van der Waals surface area contributed by atoms with Gasteiger partial charge in [-0.15, -0.1) is 6.42 Å². The lowest BCUT2D eigenvalue weighted by atomic mass is 9.93. The number of ether oxygens (including phenoxy) is 3. The number of carbonyl (C=O) groups excluding carboxylic acids is 3. The van der Waals surface area contributed by atoms with Crippen LogP contribution < -0.4 is 29.1 Å². The van der Waals surface area contributed by atoms with E-state index in [4.69, 9.17) is 54.0 Å². The van der Waals surface area contributed by atoms with Gasteiger partial charge in [-0.05, 0) is 111 Å². The molecule has 1 aliphatic carbocycles. The maximum atomic E-state index is 14.4. The van der Waals surface area contributed by atoms with E-state index in [9.17, 15) is 36.8 Å². The van der Waals surface area contributed by atoms with Crippen molar-refractivity contribution >= 4 is 108 Å².